The average molecular weight is 822 g/mol. The summed E-state index contributed by atoms with van der Waals surface area (Å²) in [5.74, 6) is -0.463. The maximum atomic E-state index is 12.5. The third-order valence-corrected chi connectivity index (χ3v) is 13.0. The molecule has 0 aromatic heterocycles. The van der Waals surface area contributed by atoms with Crippen LogP contribution in [0.3, 0.4) is 0 Å². The molecule has 3 atom stereocenters. The third-order valence-electron chi connectivity index (χ3n) is 13.0. The molecule has 0 bridgehead atoms. The van der Waals surface area contributed by atoms with Crippen LogP contribution in [0.1, 0.15) is 309 Å². The van der Waals surface area contributed by atoms with Crippen LogP contribution in [0, 0.1) is 0 Å². The summed E-state index contributed by atoms with van der Waals surface area (Å²) in [4.78, 5) is 12.5. The number of rotatable bonds is 50. The molecule has 0 aliphatic heterocycles. The number of hydrogen-bond acceptors (Lipinski definition) is 4. The minimum atomic E-state index is -1.07. The van der Waals surface area contributed by atoms with Gasteiger partial charge in [0.15, 0.2) is 0 Å². The van der Waals surface area contributed by atoms with E-state index in [1.165, 1.54) is 250 Å². The number of carbonyl (C=O) groups is 1. The van der Waals surface area contributed by atoms with Crippen molar-refractivity contribution in [1.29, 1.82) is 0 Å². The van der Waals surface area contributed by atoms with Gasteiger partial charge in [-0.1, -0.05) is 296 Å². The molecule has 4 N–H and O–H groups in total. The fourth-order valence-corrected chi connectivity index (χ4v) is 8.78. The summed E-state index contributed by atoms with van der Waals surface area (Å²) in [5.41, 5.74) is 0. The van der Waals surface area contributed by atoms with Crippen LogP contribution in [-0.4, -0.2) is 46.1 Å². The highest BCUT2D eigenvalue weighted by Gasteiger charge is 2.23. The fraction of sp³-hybridized carbons (Fsp3) is 0.981. The van der Waals surface area contributed by atoms with Crippen LogP contribution in [0.2, 0.25) is 0 Å². The molecule has 1 amide bonds. The van der Waals surface area contributed by atoms with Gasteiger partial charge in [0.2, 0.25) is 5.91 Å². The van der Waals surface area contributed by atoms with Gasteiger partial charge in [-0.25, -0.2) is 0 Å². The third kappa shape index (κ3) is 43.4. The Morgan fingerprint density at radius 3 is 0.776 bits per heavy atom. The van der Waals surface area contributed by atoms with Gasteiger partial charge >= 0.3 is 0 Å². The van der Waals surface area contributed by atoms with Crippen molar-refractivity contribution in [3.63, 3.8) is 0 Å². The van der Waals surface area contributed by atoms with Crippen LogP contribution in [0.25, 0.3) is 0 Å². The Morgan fingerprint density at radius 1 is 0.345 bits per heavy atom. The Kier molecular flexibility index (Phi) is 48.5. The molecule has 0 saturated heterocycles. The monoisotopic (exact) mass is 822 g/mol. The van der Waals surface area contributed by atoms with Crippen LogP contribution in [-0.2, 0) is 4.79 Å². The molecule has 0 spiro atoms. The first-order valence-corrected chi connectivity index (χ1v) is 26.8. The standard InChI is InChI=1S/C53H107NO4/c1-3-5-7-9-11-13-15-17-19-21-22-23-24-25-26-27-28-29-30-32-34-36-38-40-42-44-46-48-52(57)53(58)54-50(49-55)51(56)47-45-43-41-39-37-35-33-31-20-18-16-14-12-10-8-6-4-2/h50-52,55-57H,3-49H2,1-2H3,(H,54,58). The Hall–Kier alpha value is -0.650. The van der Waals surface area contributed by atoms with Crippen molar-refractivity contribution >= 4 is 5.91 Å². The molecule has 5 heteroatoms. The van der Waals surface area contributed by atoms with Gasteiger partial charge in [-0.2, -0.15) is 0 Å². The van der Waals surface area contributed by atoms with E-state index < -0.39 is 24.2 Å². The summed E-state index contributed by atoms with van der Waals surface area (Å²) in [6.07, 6.45) is 58.5. The Morgan fingerprint density at radius 2 is 0.552 bits per heavy atom. The van der Waals surface area contributed by atoms with Gasteiger partial charge in [0.05, 0.1) is 18.8 Å². The second kappa shape index (κ2) is 49.0. The smallest absolute Gasteiger partial charge is 0.249 e. The molecule has 0 fully saturated rings. The number of carbonyl (C=O) groups excluding carboxylic acids is 1. The Balaban J connectivity index is 3.49. The molecular formula is C53H107NO4. The molecular weight excluding hydrogens is 715 g/mol. The van der Waals surface area contributed by atoms with E-state index in [2.05, 4.69) is 19.2 Å². The lowest BCUT2D eigenvalue weighted by molar-refractivity contribution is -0.131. The molecule has 58 heavy (non-hydrogen) atoms. The van der Waals surface area contributed by atoms with Crippen LogP contribution >= 0.6 is 0 Å². The van der Waals surface area contributed by atoms with Crippen molar-refractivity contribution in [2.75, 3.05) is 6.61 Å². The number of hydrogen-bond donors (Lipinski definition) is 4. The largest absolute Gasteiger partial charge is 0.394 e. The van der Waals surface area contributed by atoms with Crippen molar-refractivity contribution in [1.82, 2.24) is 5.32 Å². The molecule has 0 rings (SSSR count). The zero-order valence-corrected chi connectivity index (χ0v) is 39.7. The molecule has 0 aromatic carbocycles. The predicted molar refractivity (Wildman–Crippen MR) is 255 cm³/mol. The molecule has 0 heterocycles. The molecule has 0 radical (unpaired) electrons. The first-order valence-electron chi connectivity index (χ1n) is 26.8. The highest BCUT2D eigenvalue weighted by atomic mass is 16.3. The quantitative estimate of drug-likeness (QED) is 0.0460. The Bertz CT molecular complexity index is 777. The summed E-state index contributed by atoms with van der Waals surface area (Å²) in [6, 6.07) is -0.706. The normalized spacial score (nSPS) is 13.3. The number of nitrogens with one attached hydrogen (secondary N) is 1. The summed E-state index contributed by atoms with van der Waals surface area (Å²) in [5, 5.41) is 33.5. The zero-order valence-electron chi connectivity index (χ0n) is 39.7. The highest BCUT2D eigenvalue weighted by Crippen LogP contribution is 2.18. The molecule has 348 valence electrons. The van der Waals surface area contributed by atoms with E-state index in [1.807, 2.05) is 0 Å². The van der Waals surface area contributed by atoms with Crippen molar-refractivity contribution in [3.05, 3.63) is 0 Å². The van der Waals surface area contributed by atoms with Gasteiger partial charge in [-0.3, -0.25) is 4.79 Å². The molecule has 0 aliphatic carbocycles. The maximum absolute atomic E-state index is 12.5. The van der Waals surface area contributed by atoms with E-state index >= 15 is 0 Å². The topological polar surface area (TPSA) is 89.8 Å². The van der Waals surface area contributed by atoms with Gasteiger partial charge in [0.1, 0.15) is 6.10 Å². The summed E-state index contributed by atoms with van der Waals surface area (Å²) >= 11 is 0. The van der Waals surface area contributed by atoms with E-state index in [0.29, 0.717) is 12.8 Å². The summed E-state index contributed by atoms with van der Waals surface area (Å²) in [7, 11) is 0. The second-order valence-corrected chi connectivity index (χ2v) is 18.8. The van der Waals surface area contributed by atoms with Crippen molar-refractivity contribution in [2.45, 2.75) is 327 Å². The van der Waals surface area contributed by atoms with E-state index in [-0.39, 0.29) is 6.61 Å². The van der Waals surface area contributed by atoms with Gasteiger partial charge in [-0.05, 0) is 12.8 Å². The highest BCUT2D eigenvalue weighted by molar-refractivity contribution is 5.80. The van der Waals surface area contributed by atoms with Gasteiger partial charge in [0.25, 0.3) is 0 Å². The summed E-state index contributed by atoms with van der Waals surface area (Å²) in [6.45, 7) is 4.27. The fourth-order valence-electron chi connectivity index (χ4n) is 8.78. The lowest BCUT2D eigenvalue weighted by Gasteiger charge is -2.23. The number of unbranched alkanes of at least 4 members (excludes halogenated alkanes) is 42. The van der Waals surface area contributed by atoms with Crippen LogP contribution in [0.4, 0.5) is 0 Å². The molecule has 3 unspecified atom stereocenters. The predicted octanol–water partition coefficient (Wildman–Crippen LogP) is 16.2. The lowest BCUT2D eigenvalue weighted by atomic mass is 10.0. The van der Waals surface area contributed by atoms with E-state index in [9.17, 15) is 20.1 Å². The summed E-state index contributed by atoms with van der Waals surface area (Å²) < 4.78 is 0. The van der Waals surface area contributed by atoms with Crippen LogP contribution < -0.4 is 5.32 Å². The maximum Gasteiger partial charge on any atom is 0.249 e. The molecule has 0 saturated carbocycles. The average Bonchev–Trinajstić information content (AvgIpc) is 3.23. The first kappa shape index (κ1) is 57.3. The van der Waals surface area contributed by atoms with Crippen molar-refractivity contribution in [2.24, 2.45) is 0 Å². The van der Waals surface area contributed by atoms with Crippen LogP contribution in [0.15, 0.2) is 0 Å². The van der Waals surface area contributed by atoms with Crippen LogP contribution in [0.5, 0.6) is 0 Å². The second-order valence-electron chi connectivity index (χ2n) is 18.8. The SMILES string of the molecule is CCCCCCCCCCCCCCCCCCCCCCCCCCCCCC(O)C(=O)NC(CO)C(O)CCCCCCCCCCCCCCCCCCC. The van der Waals surface area contributed by atoms with Gasteiger partial charge in [0, 0.05) is 0 Å². The van der Waals surface area contributed by atoms with Crippen molar-refractivity contribution in [3.8, 4) is 0 Å². The molecule has 0 aliphatic rings. The number of amides is 1. The van der Waals surface area contributed by atoms with Crippen molar-refractivity contribution < 1.29 is 20.1 Å². The van der Waals surface area contributed by atoms with Gasteiger partial charge in [-0.15, -0.1) is 0 Å². The first-order chi connectivity index (χ1) is 28.6. The van der Waals surface area contributed by atoms with E-state index in [1.54, 1.807) is 0 Å². The minimum absolute atomic E-state index is 0.307. The zero-order chi connectivity index (χ0) is 42.3. The number of aliphatic hydroxyl groups is 3. The van der Waals surface area contributed by atoms with E-state index in [0.717, 1.165) is 32.1 Å². The molecule has 5 nitrogen and oxygen atoms in total. The molecule has 0 aromatic rings. The number of aliphatic hydroxyl groups excluding tert-OH is 3. The lowest BCUT2D eigenvalue weighted by Crippen LogP contribution is -2.49. The Labute approximate surface area is 364 Å². The minimum Gasteiger partial charge on any atom is -0.394 e. The van der Waals surface area contributed by atoms with E-state index in [4.69, 9.17) is 0 Å². The van der Waals surface area contributed by atoms with Gasteiger partial charge < -0.3 is 20.6 Å².